The number of rotatable bonds is 1. The van der Waals surface area contributed by atoms with Crippen molar-refractivity contribution in [1.82, 2.24) is 4.90 Å². The highest BCUT2D eigenvalue weighted by molar-refractivity contribution is 5.00. The van der Waals surface area contributed by atoms with E-state index < -0.39 is 0 Å². The molecule has 2 aliphatic rings. The van der Waals surface area contributed by atoms with Gasteiger partial charge in [0.15, 0.2) is 0 Å². The zero-order chi connectivity index (χ0) is 9.19. The Bertz CT molecular complexity index is 144. The molecular weight excluding hydrogens is 148 g/mol. The molecule has 1 spiro atoms. The van der Waals surface area contributed by atoms with E-state index in [1.165, 1.54) is 39.4 Å². The maximum atomic E-state index is 4.50. The number of nitrogens with two attached hydrogens (primary N) is 1. The Morgan fingerprint density at radius 2 is 1.83 bits per heavy atom. The van der Waals surface area contributed by atoms with Crippen LogP contribution in [0.25, 0.3) is 0 Å². The molecule has 2 fully saturated rings. The number of likely N-dealkylation sites (tertiary alicyclic amines) is 1. The van der Waals surface area contributed by atoms with E-state index in [0.717, 1.165) is 11.5 Å². The standard InChI is InChI=1S/C9H17N.CH5N.H2/c1-8(2)10-6-5-9(7-10)3-4-9;1-2;/h8H,3-7H2,1-2H3;2H2,1H3;1H. The van der Waals surface area contributed by atoms with Crippen LogP contribution in [0.5, 0.6) is 0 Å². The lowest BCUT2D eigenvalue weighted by atomic mass is 10.1. The quantitative estimate of drug-likeness (QED) is 0.652. The molecule has 0 bridgehead atoms. The van der Waals surface area contributed by atoms with Crippen molar-refractivity contribution in [1.29, 1.82) is 0 Å². The van der Waals surface area contributed by atoms with Crippen LogP contribution in [0.3, 0.4) is 0 Å². The first kappa shape index (κ1) is 10.0. The summed E-state index contributed by atoms with van der Waals surface area (Å²) in [5.41, 5.74) is 5.32. The summed E-state index contributed by atoms with van der Waals surface area (Å²) in [7, 11) is 1.50. The van der Waals surface area contributed by atoms with E-state index in [-0.39, 0.29) is 1.43 Å². The molecule has 1 saturated carbocycles. The molecule has 1 aliphatic heterocycles. The van der Waals surface area contributed by atoms with Crippen LogP contribution >= 0.6 is 0 Å². The summed E-state index contributed by atoms with van der Waals surface area (Å²) in [6.45, 7) is 7.37. The summed E-state index contributed by atoms with van der Waals surface area (Å²) in [6.07, 6.45) is 4.50. The molecule has 2 heteroatoms. The highest BCUT2D eigenvalue weighted by Gasteiger charge is 2.47. The third-order valence-corrected chi connectivity index (χ3v) is 3.16. The largest absolute Gasteiger partial charge is 0.333 e. The van der Waals surface area contributed by atoms with Crippen molar-refractivity contribution in [3.63, 3.8) is 0 Å². The van der Waals surface area contributed by atoms with E-state index in [4.69, 9.17) is 0 Å². The first-order chi connectivity index (χ1) is 5.72. The van der Waals surface area contributed by atoms with Gasteiger partial charge in [-0.1, -0.05) is 0 Å². The molecule has 74 valence electrons. The predicted molar refractivity (Wildman–Crippen MR) is 55.2 cm³/mol. The fraction of sp³-hybridized carbons (Fsp3) is 1.00. The van der Waals surface area contributed by atoms with Gasteiger partial charge in [0.25, 0.3) is 0 Å². The minimum absolute atomic E-state index is 0. The van der Waals surface area contributed by atoms with Gasteiger partial charge in [0.2, 0.25) is 0 Å². The number of nitrogens with zero attached hydrogens (tertiary/aromatic N) is 1. The molecule has 1 saturated heterocycles. The van der Waals surface area contributed by atoms with Gasteiger partial charge in [-0.2, -0.15) is 0 Å². The van der Waals surface area contributed by atoms with Crippen molar-refractivity contribution < 1.29 is 1.43 Å². The van der Waals surface area contributed by atoms with Crippen LogP contribution in [0.15, 0.2) is 0 Å². The smallest absolute Gasteiger partial charge is 0.00412 e. The highest BCUT2D eigenvalue weighted by Crippen LogP contribution is 2.52. The molecule has 0 amide bonds. The summed E-state index contributed by atoms with van der Waals surface area (Å²) >= 11 is 0. The Balaban J connectivity index is 0.000000451. The van der Waals surface area contributed by atoms with Gasteiger partial charge >= 0.3 is 0 Å². The van der Waals surface area contributed by atoms with Crippen LogP contribution in [-0.4, -0.2) is 31.1 Å². The molecule has 12 heavy (non-hydrogen) atoms. The summed E-state index contributed by atoms with van der Waals surface area (Å²) in [5.74, 6) is 0. The molecular formula is C10H24N2. The van der Waals surface area contributed by atoms with E-state index in [0.29, 0.717) is 0 Å². The molecule has 0 radical (unpaired) electrons. The maximum Gasteiger partial charge on any atom is 0.00412 e. The fourth-order valence-corrected chi connectivity index (χ4v) is 2.00. The molecule has 1 aliphatic carbocycles. The minimum atomic E-state index is 0. The second kappa shape index (κ2) is 3.75. The Labute approximate surface area is 77.6 Å². The van der Waals surface area contributed by atoms with Crippen molar-refractivity contribution in [2.75, 3.05) is 20.1 Å². The van der Waals surface area contributed by atoms with Crippen LogP contribution in [-0.2, 0) is 0 Å². The molecule has 0 aromatic heterocycles. The van der Waals surface area contributed by atoms with E-state index >= 15 is 0 Å². The van der Waals surface area contributed by atoms with Crippen LogP contribution in [0, 0.1) is 5.41 Å². The van der Waals surface area contributed by atoms with Crippen LogP contribution < -0.4 is 5.73 Å². The Kier molecular flexibility index (Phi) is 3.13. The Morgan fingerprint density at radius 1 is 1.25 bits per heavy atom. The van der Waals surface area contributed by atoms with E-state index in [2.05, 4.69) is 24.5 Å². The molecule has 1 heterocycles. The summed E-state index contributed by atoms with van der Waals surface area (Å²) < 4.78 is 0. The van der Waals surface area contributed by atoms with Crippen molar-refractivity contribution in [3.8, 4) is 0 Å². The van der Waals surface area contributed by atoms with Crippen molar-refractivity contribution in [2.45, 2.75) is 39.2 Å². The monoisotopic (exact) mass is 172 g/mol. The molecule has 0 unspecified atom stereocenters. The normalized spacial score (nSPS) is 25.8. The minimum Gasteiger partial charge on any atom is -0.333 e. The van der Waals surface area contributed by atoms with E-state index in [9.17, 15) is 0 Å². The fourth-order valence-electron chi connectivity index (χ4n) is 2.00. The first-order valence-corrected chi connectivity index (χ1v) is 5.04. The molecule has 0 aromatic rings. The third kappa shape index (κ3) is 1.99. The lowest BCUT2D eigenvalue weighted by Gasteiger charge is -2.19. The number of hydrogen-bond acceptors (Lipinski definition) is 2. The average molecular weight is 172 g/mol. The van der Waals surface area contributed by atoms with Gasteiger partial charge in [0.1, 0.15) is 0 Å². The summed E-state index contributed by atoms with van der Waals surface area (Å²) in [4.78, 5) is 2.62. The van der Waals surface area contributed by atoms with Crippen LogP contribution in [0.2, 0.25) is 0 Å². The van der Waals surface area contributed by atoms with Gasteiger partial charge in [-0.3, -0.25) is 0 Å². The third-order valence-electron chi connectivity index (χ3n) is 3.16. The highest BCUT2D eigenvalue weighted by atomic mass is 15.2. The molecule has 2 N–H and O–H groups in total. The lowest BCUT2D eigenvalue weighted by Crippen LogP contribution is -2.28. The maximum absolute atomic E-state index is 4.50. The Hall–Kier alpha value is -0.0800. The van der Waals surface area contributed by atoms with E-state index in [1.54, 1.807) is 0 Å². The topological polar surface area (TPSA) is 29.3 Å². The van der Waals surface area contributed by atoms with Crippen LogP contribution in [0.4, 0.5) is 0 Å². The number of hydrogen-bond donors (Lipinski definition) is 1. The second-order valence-corrected chi connectivity index (χ2v) is 4.31. The molecule has 2 nitrogen and oxygen atoms in total. The molecule has 0 atom stereocenters. The zero-order valence-corrected chi connectivity index (χ0v) is 8.64. The SMILES string of the molecule is CC(C)N1CCC2(CC2)C1.CN.[HH]. The van der Waals surface area contributed by atoms with Gasteiger partial charge in [0.05, 0.1) is 0 Å². The predicted octanol–water partition coefficient (Wildman–Crippen LogP) is 1.70. The summed E-state index contributed by atoms with van der Waals surface area (Å²) in [6, 6.07) is 0.778. The van der Waals surface area contributed by atoms with Crippen molar-refractivity contribution in [3.05, 3.63) is 0 Å². The van der Waals surface area contributed by atoms with Crippen molar-refractivity contribution >= 4 is 0 Å². The van der Waals surface area contributed by atoms with Gasteiger partial charge in [-0.15, -0.1) is 0 Å². The second-order valence-electron chi connectivity index (χ2n) is 4.31. The van der Waals surface area contributed by atoms with Gasteiger partial charge in [-0.25, -0.2) is 0 Å². The molecule has 2 rings (SSSR count). The van der Waals surface area contributed by atoms with Gasteiger partial charge < -0.3 is 10.6 Å². The lowest BCUT2D eigenvalue weighted by molar-refractivity contribution is 0.262. The van der Waals surface area contributed by atoms with E-state index in [1.807, 2.05) is 0 Å². The summed E-state index contributed by atoms with van der Waals surface area (Å²) in [5, 5.41) is 0. The Morgan fingerprint density at radius 3 is 2.08 bits per heavy atom. The van der Waals surface area contributed by atoms with Gasteiger partial charge in [-0.05, 0) is 52.1 Å². The molecule has 0 aromatic carbocycles. The van der Waals surface area contributed by atoms with Crippen molar-refractivity contribution in [2.24, 2.45) is 11.1 Å². The first-order valence-electron chi connectivity index (χ1n) is 5.04. The van der Waals surface area contributed by atoms with Crippen LogP contribution in [0.1, 0.15) is 34.5 Å². The average Bonchev–Trinajstić information content (AvgIpc) is 2.65. The van der Waals surface area contributed by atoms with Gasteiger partial charge in [0, 0.05) is 14.0 Å². The zero-order valence-electron chi connectivity index (χ0n) is 8.64.